The molecule has 0 saturated heterocycles. The number of aryl methyl sites for hydroxylation is 1. The second kappa shape index (κ2) is 8.29. The van der Waals surface area contributed by atoms with Gasteiger partial charge in [0, 0.05) is 29.6 Å². The van der Waals surface area contributed by atoms with Crippen LogP contribution in [-0.4, -0.2) is 16.6 Å². The number of hydrogen-bond donors (Lipinski definition) is 2. The summed E-state index contributed by atoms with van der Waals surface area (Å²) >= 11 is 0. The predicted octanol–water partition coefficient (Wildman–Crippen LogP) is 4.68. The number of aromatic nitrogens is 2. The first-order chi connectivity index (χ1) is 12.6. The minimum Gasteiger partial charge on any atom is -0.494 e. The Labute approximate surface area is 152 Å². The minimum absolute atomic E-state index is 0.237. The highest BCUT2D eigenvalue weighted by Gasteiger charge is 2.05. The van der Waals surface area contributed by atoms with Crippen molar-refractivity contribution in [1.29, 1.82) is 0 Å². The van der Waals surface area contributed by atoms with Crippen LogP contribution in [0.5, 0.6) is 5.75 Å². The number of rotatable bonds is 7. The Morgan fingerprint density at radius 1 is 1.04 bits per heavy atom. The molecule has 0 aliphatic heterocycles. The standard InChI is InChI=1S/C20H21FN4O/c1-3-26-17-10-8-16(9-11-17)24-20-23-14(2)12-19(25-20)22-13-15-6-4-5-7-18(15)21/h4-12H,3,13H2,1-2H3,(H2,22,23,24,25). The summed E-state index contributed by atoms with van der Waals surface area (Å²) in [5.74, 6) is 1.69. The van der Waals surface area contributed by atoms with Crippen LogP contribution in [0.15, 0.2) is 54.6 Å². The SMILES string of the molecule is CCOc1ccc(Nc2nc(C)cc(NCc3ccccc3F)n2)cc1. The van der Waals surface area contributed by atoms with Gasteiger partial charge in [-0.2, -0.15) is 4.98 Å². The van der Waals surface area contributed by atoms with Gasteiger partial charge in [-0.15, -0.1) is 0 Å². The summed E-state index contributed by atoms with van der Waals surface area (Å²) in [7, 11) is 0. The molecule has 26 heavy (non-hydrogen) atoms. The number of nitrogens with zero attached hydrogens (tertiary/aromatic N) is 2. The number of anilines is 3. The zero-order valence-corrected chi connectivity index (χ0v) is 14.8. The van der Waals surface area contributed by atoms with E-state index in [0.29, 0.717) is 30.5 Å². The van der Waals surface area contributed by atoms with E-state index in [1.807, 2.05) is 50.2 Å². The third kappa shape index (κ3) is 4.69. The van der Waals surface area contributed by atoms with Gasteiger partial charge >= 0.3 is 0 Å². The third-order valence-corrected chi connectivity index (χ3v) is 3.69. The molecule has 2 aromatic carbocycles. The van der Waals surface area contributed by atoms with Crippen molar-refractivity contribution in [1.82, 2.24) is 9.97 Å². The fourth-order valence-electron chi connectivity index (χ4n) is 2.47. The zero-order chi connectivity index (χ0) is 18.4. The summed E-state index contributed by atoms with van der Waals surface area (Å²) in [4.78, 5) is 8.84. The van der Waals surface area contributed by atoms with E-state index in [-0.39, 0.29) is 5.82 Å². The fourth-order valence-corrected chi connectivity index (χ4v) is 2.47. The molecule has 0 bridgehead atoms. The van der Waals surface area contributed by atoms with Crippen LogP contribution in [0, 0.1) is 12.7 Å². The van der Waals surface area contributed by atoms with E-state index in [9.17, 15) is 4.39 Å². The summed E-state index contributed by atoms with van der Waals surface area (Å²) in [6.45, 7) is 4.82. The number of halogens is 1. The Morgan fingerprint density at radius 2 is 1.81 bits per heavy atom. The van der Waals surface area contributed by atoms with Crippen molar-refractivity contribution >= 4 is 17.5 Å². The van der Waals surface area contributed by atoms with Crippen LogP contribution in [0.3, 0.4) is 0 Å². The van der Waals surface area contributed by atoms with E-state index < -0.39 is 0 Å². The third-order valence-electron chi connectivity index (χ3n) is 3.69. The zero-order valence-electron chi connectivity index (χ0n) is 14.8. The van der Waals surface area contributed by atoms with E-state index in [1.165, 1.54) is 6.07 Å². The van der Waals surface area contributed by atoms with Crippen molar-refractivity contribution in [3.8, 4) is 5.75 Å². The summed E-state index contributed by atoms with van der Waals surface area (Å²) < 4.78 is 19.2. The second-order valence-corrected chi connectivity index (χ2v) is 5.75. The molecule has 6 heteroatoms. The van der Waals surface area contributed by atoms with Crippen molar-refractivity contribution in [2.45, 2.75) is 20.4 Å². The minimum atomic E-state index is -0.237. The van der Waals surface area contributed by atoms with Crippen molar-refractivity contribution in [3.05, 3.63) is 71.7 Å². The quantitative estimate of drug-likeness (QED) is 0.647. The van der Waals surface area contributed by atoms with Crippen molar-refractivity contribution < 1.29 is 9.13 Å². The van der Waals surface area contributed by atoms with E-state index in [4.69, 9.17) is 4.74 Å². The van der Waals surface area contributed by atoms with Gasteiger partial charge in [0.2, 0.25) is 5.95 Å². The smallest absolute Gasteiger partial charge is 0.229 e. The lowest BCUT2D eigenvalue weighted by molar-refractivity contribution is 0.340. The maximum atomic E-state index is 13.7. The molecule has 0 atom stereocenters. The largest absolute Gasteiger partial charge is 0.494 e. The number of nitrogens with one attached hydrogen (secondary N) is 2. The highest BCUT2D eigenvalue weighted by Crippen LogP contribution is 2.20. The van der Waals surface area contributed by atoms with E-state index >= 15 is 0 Å². The first kappa shape index (κ1) is 17.7. The summed E-state index contributed by atoms with van der Waals surface area (Å²) in [6, 6.07) is 16.1. The highest BCUT2D eigenvalue weighted by molar-refractivity contribution is 5.56. The first-order valence-electron chi connectivity index (χ1n) is 8.47. The molecule has 0 radical (unpaired) electrons. The van der Waals surface area contributed by atoms with Crippen LogP contribution < -0.4 is 15.4 Å². The molecule has 3 aromatic rings. The summed E-state index contributed by atoms with van der Waals surface area (Å²) in [6.07, 6.45) is 0. The molecule has 3 rings (SSSR count). The van der Waals surface area contributed by atoms with E-state index in [1.54, 1.807) is 12.1 Å². The average Bonchev–Trinajstić information content (AvgIpc) is 2.62. The van der Waals surface area contributed by atoms with Gasteiger partial charge in [0.1, 0.15) is 17.4 Å². The van der Waals surface area contributed by atoms with Gasteiger partial charge in [0.25, 0.3) is 0 Å². The molecule has 134 valence electrons. The van der Waals surface area contributed by atoms with Gasteiger partial charge in [0.15, 0.2) is 0 Å². The van der Waals surface area contributed by atoms with Crippen molar-refractivity contribution in [2.75, 3.05) is 17.2 Å². The fraction of sp³-hybridized carbons (Fsp3) is 0.200. The normalized spacial score (nSPS) is 10.4. The molecule has 0 amide bonds. The predicted molar refractivity (Wildman–Crippen MR) is 101 cm³/mol. The van der Waals surface area contributed by atoms with Crippen LogP contribution in [0.2, 0.25) is 0 Å². The van der Waals surface area contributed by atoms with E-state index in [0.717, 1.165) is 17.1 Å². The average molecular weight is 352 g/mol. The molecular formula is C20H21FN4O. The van der Waals surface area contributed by atoms with Crippen molar-refractivity contribution in [2.24, 2.45) is 0 Å². The van der Waals surface area contributed by atoms with Crippen LogP contribution in [0.4, 0.5) is 21.8 Å². The topological polar surface area (TPSA) is 59.1 Å². The molecule has 0 unspecified atom stereocenters. The van der Waals surface area contributed by atoms with Gasteiger partial charge in [-0.3, -0.25) is 0 Å². The molecule has 0 fully saturated rings. The van der Waals surface area contributed by atoms with Gasteiger partial charge in [-0.1, -0.05) is 18.2 Å². The molecule has 1 aromatic heterocycles. The Bertz CT molecular complexity index is 868. The maximum Gasteiger partial charge on any atom is 0.229 e. The lowest BCUT2D eigenvalue weighted by Gasteiger charge is -2.11. The molecule has 0 aliphatic rings. The summed E-state index contributed by atoms with van der Waals surface area (Å²) in [5, 5.41) is 6.32. The summed E-state index contributed by atoms with van der Waals surface area (Å²) in [5.41, 5.74) is 2.26. The highest BCUT2D eigenvalue weighted by atomic mass is 19.1. The van der Waals surface area contributed by atoms with Gasteiger partial charge in [0.05, 0.1) is 6.61 Å². The van der Waals surface area contributed by atoms with Crippen molar-refractivity contribution in [3.63, 3.8) is 0 Å². The Balaban J connectivity index is 1.70. The first-order valence-corrected chi connectivity index (χ1v) is 8.47. The molecule has 0 saturated carbocycles. The number of hydrogen-bond acceptors (Lipinski definition) is 5. The lowest BCUT2D eigenvalue weighted by Crippen LogP contribution is -2.06. The van der Waals surface area contributed by atoms with Gasteiger partial charge in [-0.25, -0.2) is 9.37 Å². The molecule has 0 spiro atoms. The molecule has 5 nitrogen and oxygen atoms in total. The lowest BCUT2D eigenvalue weighted by atomic mass is 10.2. The Kier molecular flexibility index (Phi) is 5.63. The van der Waals surface area contributed by atoms with Crippen LogP contribution in [0.25, 0.3) is 0 Å². The Morgan fingerprint density at radius 3 is 2.54 bits per heavy atom. The monoisotopic (exact) mass is 352 g/mol. The number of ether oxygens (including phenoxy) is 1. The van der Waals surface area contributed by atoms with Gasteiger partial charge < -0.3 is 15.4 Å². The molecule has 2 N–H and O–H groups in total. The Hall–Kier alpha value is -3.15. The van der Waals surface area contributed by atoms with Gasteiger partial charge in [-0.05, 0) is 44.2 Å². The maximum absolute atomic E-state index is 13.7. The molecule has 0 aliphatic carbocycles. The molecule has 1 heterocycles. The van der Waals surface area contributed by atoms with Crippen LogP contribution in [0.1, 0.15) is 18.2 Å². The second-order valence-electron chi connectivity index (χ2n) is 5.75. The van der Waals surface area contributed by atoms with Crippen LogP contribution in [-0.2, 0) is 6.54 Å². The van der Waals surface area contributed by atoms with Crippen LogP contribution >= 0.6 is 0 Å². The number of benzene rings is 2. The molecular weight excluding hydrogens is 331 g/mol. The van der Waals surface area contributed by atoms with E-state index in [2.05, 4.69) is 20.6 Å².